The Morgan fingerprint density at radius 2 is 1.68 bits per heavy atom. The summed E-state index contributed by atoms with van der Waals surface area (Å²) in [6, 6.07) is 19.0. The zero-order chi connectivity index (χ0) is 15.4. The third-order valence-corrected chi connectivity index (χ3v) is 4.05. The van der Waals surface area contributed by atoms with E-state index in [-0.39, 0.29) is 5.91 Å². The average Bonchev–Trinajstić information content (AvgIpc) is 2.99. The Morgan fingerprint density at radius 3 is 2.32 bits per heavy atom. The first kappa shape index (κ1) is 14.2. The molecule has 2 aromatic carbocycles. The highest BCUT2D eigenvalue weighted by Gasteiger charge is 2.08. The standard InChI is InChI=1S/C18H14N2OS/c1-2-20-16(14-9-5-3-6-10-14)13-22-18(20)19-17(21)15-11-7-4-8-12-15/h2-13H,1H2/b19-18+. The van der Waals surface area contributed by atoms with Gasteiger partial charge in [0.15, 0.2) is 4.80 Å². The highest BCUT2D eigenvalue weighted by atomic mass is 32.1. The molecule has 0 unspecified atom stereocenters. The van der Waals surface area contributed by atoms with E-state index in [4.69, 9.17) is 0 Å². The molecule has 0 fully saturated rings. The summed E-state index contributed by atoms with van der Waals surface area (Å²) in [6.45, 7) is 3.83. The largest absolute Gasteiger partial charge is 0.292 e. The SMILES string of the molecule is C=Cn1c(-c2ccccc2)cs/c1=N/C(=O)c1ccccc1. The molecule has 0 saturated heterocycles. The van der Waals surface area contributed by atoms with Crippen molar-refractivity contribution in [2.75, 3.05) is 0 Å². The Bertz CT molecular complexity index is 861. The van der Waals surface area contributed by atoms with Crippen LogP contribution in [0.25, 0.3) is 17.5 Å². The Balaban J connectivity index is 2.06. The summed E-state index contributed by atoms with van der Waals surface area (Å²) in [7, 11) is 0. The van der Waals surface area contributed by atoms with Crippen molar-refractivity contribution < 1.29 is 4.79 Å². The van der Waals surface area contributed by atoms with Gasteiger partial charge in [-0.2, -0.15) is 4.99 Å². The molecular formula is C18H14N2OS. The molecule has 0 spiro atoms. The molecule has 0 atom stereocenters. The van der Waals surface area contributed by atoms with Gasteiger partial charge in [-0.15, -0.1) is 11.3 Å². The second kappa shape index (κ2) is 6.37. The first-order valence-corrected chi connectivity index (χ1v) is 7.69. The summed E-state index contributed by atoms with van der Waals surface area (Å²) in [5, 5.41) is 1.98. The Morgan fingerprint density at radius 1 is 1.05 bits per heavy atom. The van der Waals surface area contributed by atoms with Gasteiger partial charge in [0.2, 0.25) is 0 Å². The van der Waals surface area contributed by atoms with Crippen molar-refractivity contribution >= 4 is 23.4 Å². The zero-order valence-corrected chi connectivity index (χ0v) is 12.7. The van der Waals surface area contributed by atoms with E-state index in [1.54, 1.807) is 18.3 Å². The number of benzene rings is 2. The van der Waals surface area contributed by atoms with Crippen LogP contribution >= 0.6 is 11.3 Å². The van der Waals surface area contributed by atoms with Crippen molar-refractivity contribution in [2.45, 2.75) is 0 Å². The van der Waals surface area contributed by atoms with Crippen LogP contribution in [0.15, 0.2) is 77.6 Å². The molecular weight excluding hydrogens is 292 g/mol. The lowest BCUT2D eigenvalue weighted by Gasteiger charge is -2.02. The Kier molecular flexibility index (Phi) is 4.12. The van der Waals surface area contributed by atoms with Crippen LogP contribution < -0.4 is 4.80 Å². The summed E-state index contributed by atoms with van der Waals surface area (Å²) in [4.78, 5) is 17.1. The van der Waals surface area contributed by atoms with Gasteiger partial charge < -0.3 is 0 Å². The summed E-state index contributed by atoms with van der Waals surface area (Å²) in [6.07, 6.45) is 1.68. The number of hydrogen-bond donors (Lipinski definition) is 0. The van der Waals surface area contributed by atoms with Gasteiger partial charge in [-0.25, -0.2) is 0 Å². The van der Waals surface area contributed by atoms with Crippen molar-refractivity contribution in [1.82, 2.24) is 4.57 Å². The highest BCUT2D eigenvalue weighted by Crippen LogP contribution is 2.19. The molecule has 1 amide bonds. The van der Waals surface area contributed by atoms with Gasteiger partial charge in [0.1, 0.15) is 0 Å². The maximum absolute atomic E-state index is 12.2. The predicted octanol–water partition coefficient (Wildman–Crippen LogP) is 4.06. The molecule has 1 heterocycles. The minimum atomic E-state index is -0.252. The quantitative estimate of drug-likeness (QED) is 0.718. The molecule has 0 radical (unpaired) electrons. The van der Waals surface area contributed by atoms with Crippen molar-refractivity contribution in [2.24, 2.45) is 4.99 Å². The fourth-order valence-corrected chi connectivity index (χ4v) is 3.02. The molecule has 3 aromatic rings. The molecule has 0 aliphatic rings. The third-order valence-electron chi connectivity index (χ3n) is 3.21. The number of carbonyl (C=O) groups is 1. The van der Waals surface area contributed by atoms with E-state index in [0.717, 1.165) is 11.3 Å². The summed E-state index contributed by atoms with van der Waals surface area (Å²) < 4.78 is 1.83. The van der Waals surface area contributed by atoms with E-state index in [0.29, 0.717) is 10.4 Å². The monoisotopic (exact) mass is 306 g/mol. The second-order valence-corrected chi connectivity index (χ2v) is 5.44. The highest BCUT2D eigenvalue weighted by molar-refractivity contribution is 7.07. The number of aromatic nitrogens is 1. The van der Waals surface area contributed by atoms with E-state index < -0.39 is 0 Å². The van der Waals surface area contributed by atoms with Crippen molar-refractivity contribution in [3.05, 3.63) is 83.0 Å². The molecule has 0 aliphatic carbocycles. The van der Waals surface area contributed by atoms with Gasteiger partial charge in [0, 0.05) is 17.1 Å². The van der Waals surface area contributed by atoms with Crippen molar-refractivity contribution in [1.29, 1.82) is 0 Å². The fourth-order valence-electron chi connectivity index (χ4n) is 2.13. The predicted molar refractivity (Wildman–Crippen MR) is 90.5 cm³/mol. The first-order chi connectivity index (χ1) is 10.8. The third kappa shape index (κ3) is 2.82. The van der Waals surface area contributed by atoms with Gasteiger partial charge in [-0.3, -0.25) is 9.36 Å². The number of thiazole rings is 1. The Hall–Kier alpha value is -2.72. The molecule has 4 heteroatoms. The van der Waals surface area contributed by atoms with Gasteiger partial charge in [0.25, 0.3) is 5.91 Å². The molecule has 0 bridgehead atoms. The van der Waals surface area contributed by atoms with E-state index in [2.05, 4.69) is 11.6 Å². The minimum absolute atomic E-state index is 0.252. The lowest BCUT2D eigenvalue weighted by atomic mass is 10.2. The molecule has 22 heavy (non-hydrogen) atoms. The first-order valence-electron chi connectivity index (χ1n) is 6.81. The maximum atomic E-state index is 12.2. The molecule has 3 nitrogen and oxygen atoms in total. The topological polar surface area (TPSA) is 34.4 Å². The van der Waals surface area contributed by atoms with E-state index in [9.17, 15) is 4.79 Å². The lowest BCUT2D eigenvalue weighted by molar-refractivity contribution is 0.0998. The van der Waals surface area contributed by atoms with Crippen LogP contribution in [-0.4, -0.2) is 10.5 Å². The second-order valence-electron chi connectivity index (χ2n) is 4.61. The smallest absolute Gasteiger partial charge is 0.279 e. The van der Waals surface area contributed by atoms with E-state index in [1.165, 1.54) is 11.3 Å². The molecule has 1 aromatic heterocycles. The number of hydrogen-bond acceptors (Lipinski definition) is 2. The van der Waals surface area contributed by atoms with Crippen LogP contribution in [0.1, 0.15) is 10.4 Å². The van der Waals surface area contributed by atoms with E-state index in [1.807, 2.05) is 58.5 Å². The van der Waals surface area contributed by atoms with Gasteiger partial charge in [-0.1, -0.05) is 55.1 Å². The van der Waals surface area contributed by atoms with Crippen LogP contribution in [0.2, 0.25) is 0 Å². The summed E-state index contributed by atoms with van der Waals surface area (Å²) in [5.41, 5.74) is 2.61. The summed E-state index contributed by atoms with van der Waals surface area (Å²) in [5.74, 6) is -0.252. The van der Waals surface area contributed by atoms with Crippen LogP contribution in [0, 0.1) is 0 Å². The minimum Gasteiger partial charge on any atom is -0.292 e. The van der Waals surface area contributed by atoms with Gasteiger partial charge in [-0.05, 0) is 17.7 Å². The molecule has 0 saturated carbocycles. The normalized spacial score (nSPS) is 11.4. The number of nitrogens with zero attached hydrogens (tertiary/aromatic N) is 2. The van der Waals surface area contributed by atoms with Crippen molar-refractivity contribution in [3.63, 3.8) is 0 Å². The van der Waals surface area contributed by atoms with Crippen molar-refractivity contribution in [3.8, 4) is 11.3 Å². The lowest BCUT2D eigenvalue weighted by Crippen LogP contribution is -2.13. The van der Waals surface area contributed by atoms with E-state index >= 15 is 0 Å². The molecule has 3 rings (SSSR count). The molecule has 108 valence electrons. The van der Waals surface area contributed by atoms with Crippen LogP contribution in [0.3, 0.4) is 0 Å². The number of amides is 1. The average molecular weight is 306 g/mol. The van der Waals surface area contributed by atoms with Crippen LogP contribution in [-0.2, 0) is 0 Å². The Labute approximate surface area is 132 Å². The molecule has 0 N–H and O–H groups in total. The van der Waals surface area contributed by atoms with Crippen LogP contribution in [0.4, 0.5) is 0 Å². The fraction of sp³-hybridized carbons (Fsp3) is 0. The van der Waals surface area contributed by atoms with Crippen LogP contribution in [0.5, 0.6) is 0 Å². The van der Waals surface area contributed by atoms with Gasteiger partial charge in [0.05, 0.1) is 5.69 Å². The number of rotatable bonds is 3. The molecule has 0 aliphatic heterocycles. The maximum Gasteiger partial charge on any atom is 0.279 e. The zero-order valence-electron chi connectivity index (χ0n) is 11.8. The summed E-state index contributed by atoms with van der Waals surface area (Å²) >= 11 is 1.42. The number of carbonyl (C=O) groups excluding carboxylic acids is 1. The van der Waals surface area contributed by atoms with Gasteiger partial charge >= 0.3 is 0 Å².